The number of hydrogen-bond donors (Lipinski definition) is 2. The summed E-state index contributed by atoms with van der Waals surface area (Å²) in [6.07, 6.45) is 0. The van der Waals surface area contributed by atoms with Crippen LogP contribution in [0, 0.1) is 6.92 Å². The number of aliphatic hydroxyl groups is 1. The van der Waals surface area contributed by atoms with E-state index in [2.05, 4.69) is 4.98 Å². The smallest absolute Gasteiger partial charge is 0.107 e. The normalized spacial score (nSPS) is 13.3. The molecule has 15 heavy (non-hydrogen) atoms. The number of aryl methyl sites for hydroxylation is 1. The number of nitrogens with two attached hydrogens (primary N) is 1. The minimum absolute atomic E-state index is 0.0404. The lowest BCUT2D eigenvalue weighted by Crippen LogP contribution is -2.10. The van der Waals surface area contributed by atoms with E-state index in [4.69, 9.17) is 5.73 Å². The Kier molecular flexibility index (Phi) is 2.36. The zero-order valence-corrected chi connectivity index (χ0v) is 8.94. The quantitative estimate of drug-likeness (QED) is 0.730. The van der Waals surface area contributed by atoms with Crippen LogP contribution < -0.4 is 5.73 Å². The van der Waals surface area contributed by atoms with E-state index in [0.29, 0.717) is 5.69 Å². The summed E-state index contributed by atoms with van der Waals surface area (Å²) in [7, 11) is 0. The van der Waals surface area contributed by atoms with Crippen molar-refractivity contribution in [2.45, 2.75) is 19.9 Å². The number of hydrogen-bond acceptors (Lipinski definition) is 3. The Morgan fingerprint density at radius 1 is 1.53 bits per heavy atom. The Balaban J connectivity index is 2.68. The second-order valence-electron chi connectivity index (χ2n) is 3.81. The maximum atomic E-state index is 9.17. The summed E-state index contributed by atoms with van der Waals surface area (Å²) >= 11 is 0. The van der Waals surface area contributed by atoms with Crippen molar-refractivity contribution in [1.82, 2.24) is 9.55 Å². The van der Waals surface area contributed by atoms with E-state index in [1.165, 1.54) is 0 Å². The van der Waals surface area contributed by atoms with E-state index in [9.17, 15) is 5.11 Å². The van der Waals surface area contributed by atoms with Crippen molar-refractivity contribution in [3.8, 4) is 0 Å². The van der Waals surface area contributed by atoms with Crippen LogP contribution in [0.5, 0.6) is 0 Å². The minimum Gasteiger partial charge on any atom is -0.399 e. The van der Waals surface area contributed by atoms with E-state index in [1.807, 2.05) is 36.6 Å². The molecule has 2 rings (SSSR count). The van der Waals surface area contributed by atoms with Gasteiger partial charge in [0.15, 0.2) is 0 Å². The second kappa shape index (κ2) is 3.55. The zero-order chi connectivity index (χ0) is 11.0. The van der Waals surface area contributed by atoms with Gasteiger partial charge < -0.3 is 15.4 Å². The Morgan fingerprint density at radius 3 is 2.93 bits per heavy atom. The van der Waals surface area contributed by atoms with Crippen molar-refractivity contribution in [2.75, 3.05) is 12.3 Å². The summed E-state index contributed by atoms with van der Waals surface area (Å²) in [5.41, 5.74) is 8.30. The van der Waals surface area contributed by atoms with Crippen LogP contribution in [0.15, 0.2) is 18.2 Å². The third-order valence-electron chi connectivity index (χ3n) is 2.59. The standard InChI is InChI=1S/C11H15N3O/c1-7(6-15)14-8(2)13-10-5-9(12)3-4-11(10)14/h3-5,7,15H,6,12H2,1-2H3. The average molecular weight is 205 g/mol. The van der Waals surface area contributed by atoms with Crippen LogP contribution in [0.1, 0.15) is 18.8 Å². The molecule has 80 valence electrons. The second-order valence-corrected chi connectivity index (χ2v) is 3.81. The first kappa shape index (κ1) is 9.98. The molecule has 0 aliphatic carbocycles. The highest BCUT2D eigenvalue weighted by atomic mass is 16.3. The highest BCUT2D eigenvalue weighted by Gasteiger charge is 2.12. The van der Waals surface area contributed by atoms with Crippen LogP contribution in [0.25, 0.3) is 11.0 Å². The van der Waals surface area contributed by atoms with Gasteiger partial charge in [-0.1, -0.05) is 0 Å². The van der Waals surface area contributed by atoms with Crippen LogP contribution in [0.2, 0.25) is 0 Å². The van der Waals surface area contributed by atoms with Crippen molar-refractivity contribution in [2.24, 2.45) is 0 Å². The van der Waals surface area contributed by atoms with Gasteiger partial charge in [-0.15, -0.1) is 0 Å². The lowest BCUT2D eigenvalue weighted by molar-refractivity contribution is 0.239. The van der Waals surface area contributed by atoms with Gasteiger partial charge in [0.2, 0.25) is 0 Å². The van der Waals surface area contributed by atoms with Gasteiger partial charge in [0.05, 0.1) is 23.7 Å². The van der Waals surface area contributed by atoms with Crippen molar-refractivity contribution >= 4 is 16.7 Å². The lowest BCUT2D eigenvalue weighted by atomic mass is 10.2. The van der Waals surface area contributed by atoms with Gasteiger partial charge in [0.25, 0.3) is 0 Å². The number of aromatic nitrogens is 2. The van der Waals surface area contributed by atoms with Gasteiger partial charge in [0, 0.05) is 5.69 Å². The molecule has 1 atom stereocenters. The highest BCUT2D eigenvalue weighted by Crippen LogP contribution is 2.22. The summed E-state index contributed by atoms with van der Waals surface area (Å²) < 4.78 is 2.02. The van der Waals surface area contributed by atoms with E-state index < -0.39 is 0 Å². The van der Waals surface area contributed by atoms with Gasteiger partial charge in [-0.25, -0.2) is 4.98 Å². The molecule has 0 fully saturated rings. The number of nitrogens with zero attached hydrogens (tertiary/aromatic N) is 2. The van der Waals surface area contributed by atoms with Crippen LogP contribution in [-0.2, 0) is 0 Å². The molecule has 0 aliphatic rings. The molecule has 0 saturated carbocycles. The third kappa shape index (κ3) is 1.57. The topological polar surface area (TPSA) is 64.1 Å². The molecule has 0 aliphatic heterocycles. The fourth-order valence-electron chi connectivity index (χ4n) is 1.87. The summed E-state index contributed by atoms with van der Waals surface area (Å²) in [4.78, 5) is 4.41. The predicted octanol–water partition coefficient (Wildman–Crippen LogP) is 1.48. The van der Waals surface area contributed by atoms with Gasteiger partial charge in [0.1, 0.15) is 5.82 Å². The number of fused-ring (bicyclic) bond motifs is 1. The van der Waals surface area contributed by atoms with Crippen LogP contribution in [0.3, 0.4) is 0 Å². The van der Waals surface area contributed by atoms with Gasteiger partial charge in [-0.2, -0.15) is 0 Å². The minimum atomic E-state index is 0.0404. The molecule has 2 aromatic rings. The molecule has 1 heterocycles. The molecule has 1 unspecified atom stereocenters. The lowest BCUT2D eigenvalue weighted by Gasteiger charge is -2.13. The van der Waals surface area contributed by atoms with Crippen molar-refractivity contribution in [1.29, 1.82) is 0 Å². The van der Waals surface area contributed by atoms with Crippen molar-refractivity contribution < 1.29 is 5.11 Å². The van der Waals surface area contributed by atoms with Gasteiger partial charge >= 0.3 is 0 Å². The molecule has 1 aromatic carbocycles. The summed E-state index contributed by atoms with van der Waals surface area (Å²) in [6.45, 7) is 4.00. The molecular weight excluding hydrogens is 190 g/mol. The summed E-state index contributed by atoms with van der Waals surface area (Å²) in [5.74, 6) is 0.900. The fraction of sp³-hybridized carbons (Fsp3) is 0.364. The summed E-state index contributed by atoms with van der Waals surface area (Å²) in [5, 5.41) is 9.17. The van der Waals surface area contributed by atoms with E-state index >= 15 is 0 Å². The predicted molar refractivity (Wildman–Crippen MR) is 60.7 cm³/mol. The number of imidazole rings is 1. The van der Waals surface area contributed by atoms with Gasteiger partial charge in [-0.3, -0.25) is 0 Å². The molecule has 0 saturated heterocycles. The molecule has 4 nitrogen and oxygen atoms in total. The molecule has 0 bridgehead atoms. The Morgan fingerprint density at radius 2 is 2.27 bits per heavy atom. The van der Waals surface area contributed by atoms with Gasteiger partial charge in [-0.05, 0) is 32.0 Å². The molecule has 1 aromatic heterocycles. The third-order valence-corrected chi connectivity index (χ3v) is 2.59. The molecule has 3 N–H and O–H groups in total. The Labute approximate surface area is 88.3 Å². The molecule has 0 spiro atoms. The molecular formula is C11H15N3O. The SMILES string of the molecule is Cc1nc2cc(N)ccc2n1C(C)CO. The molecule has 0 amide bonds. The monoisotopic (exact) mass is 205 g/mol. The van der Waals surface area contributed by atoms with Crippen molar-refractivity contribution in [3.63, 3.8) is 0 Å². The maximum absolute atomic E-state index is 9.17. The number of nitrogen functional groups attached to an aromatic ring is 1. The highest BCUT2D eigenvalue weighted by molar-refractivity contribution is 5.79. The Bertz CT molecular complexity index is 490. The summed E-state index contributed by atoms with van der Waals surface area (Å²) in [6, 6.07) is 5.68. The number of benzene rings is 1. The Hall–Kier alpha value is -1.55. The molecule has 0 radical (unpaired) electrons. The first-order valence-corrected chi connectivity index (χ1v) is 4.98. The van der Waals surface area contributed by atoms with Crippen LogP contribution >= 0.6 is 0 Å². The van der Waals surface area contributed by atoms with Crippen LogP contribution in [0.4, 0.5) is 5.69 Å². The van der Waals surface area contributed by atoms with Crippen molar-refractivity contribution in [3.05, 3.63) is 24.0 Å². The molecule has 4 heteroatoms. The first-order valence-electron chi connectivity index (χ1n) is 4.98. The number of rotatable bonds is 2. The largest absolute Gasteiger partial charge is 0.399 e. The fourth-order valence-corrected chi connectivity index (χ4v) is 1.87. The van der Waals surface area contributed by atoms with E-state index in [1.54, 1.807) is 0 Å². The average Bonchev–Trinajstić information content (AvgIpc) is 2.52. The zero-order valence-electron chi connectivity index (χ0n) is 8.94. The first-order chi connectivity index (χ1) is 7.13. The number of anilines is 1. The number of aliphatic hydroxyl groups excluding tert-OH is 1. The van der Waals surface area contributed by atoms with Crippen LogP contribution in [-0.4, -0.2) is 21.3 Å². The van der Waals surface area contributed by atoms with E-state index in [0.717, 1.165) is 16.9 Å². The van der Waals surface area contributed by atoms with E-state index in [-0.39, 0.29) is 12.6 Å². The maximum Gasteiger partial charge on any atom is 0.107 e.